The van der Waals surface area contributed by atoms with Crippen LogP contribution >= 0.6 is 11.3 Å². The summed E-state index contributed by atoms with van der Waals surface area (Å²) in [6, 6.07) is 0. The van der Waals surface area contributed by atoms with E-state index in [0.29, 0.717) is 10.4 Å². The number of nitrogen functional groups attached to an aromatic ring is 1. The van der Waals surface area contributed by atoms with Crippen molar-refractivity contribution in [2.75, 3.05) is 13.1 Å². The normalized spacial score (nSPS) is 19.9. The lowest BCUT2D eigenvalue weighted by atomic mass is 9.85. The van der Waals surface area contributed by atoms with Crippen LogP contribution in [0.4, 0.5) is 0 Å². The van der Waals surface area contributed by atoms with Crippen molar-refractivity contribution in [3.05, 3.63) is 16.1 Å². The van der Waals surface area contributed by atoms with Gasteiger partial charge in [0.2, 0.25) is 0 Å². The molecule has 0 aliphatic carbocycles. The summed E-state index contributed by atoms with van der Waals surface area (Å²) in [5.74, 6) is 4.79. The molecule has 2 heterocycles. The number of thiazole rings is 1. The maximum Gasteiger partial charge on any atom is 0.294 e. The SMILES string of the molecule is CC1(C)CCCN(Cc2csc(C(=O)NN)n2)CC1. The van der Waals surface area contributed by atoms with Crippen molar-refractivity contribution in [2.45, 2.75) is 39.7 Å². The van der Waals surface area contributed by atoms with E-state index in [0.717, 1.165) is 25.3 Å². The Morgan fingerprint density at radius 2 is 2.32 bits per heavy atom. The van der Waals surface area contributed by atoms with Crippen LogP contribution in [0.5, 0.6) is 0 Å². The Hall–Kier alpha value is -0.980. The summed E-state index contributed by atoms with van der Waals surface area (Å²) in [6.07, 6.45) is 3.72. The first kappa shape index (κ1) is 14.4. The minimum Gasteiger partial charge on any atom is -0.297 e. The van der Waals surface area contributed by atoms with Crippen molar-refractivity contribution in [3.63, 3.8) is 0 Å². The Morgan fingerprint density at radius 1 is 1.53 bits per heavy atom. The number of rotatable bonds is 3. The van der Waals surface area contributed by atoms with Gasteiger partial charge in [-0.1, -0.05) is 13.8 Å². The number of carbonyl (C=O) groups is 1. The van der Waals surface area contributed by atoms with Gasteiger partial charge >= 0.3 is 0 Å². The maximum atomic E-state index is 11.4. The van der Waals surface area contributed by atoms with Gasteiger partial charge in [-0.25, -0.2) is 10.8 Å². The maximum absolute atomic E-state index is 11.4. The van der Waals surface area contributed by atoms with Crippen molar-refractivity contribution in [2.24, 2.45) is 11.3 Å². The van der Waals surface area contributed by atoms with E-state index in [1.54, 1.807) is 0 Å². The lowest BCUT2D eigenvalue weighted by Gasteiger charge is -2.22. The van der Waals surface area contributed by atoms with Crippen LogP contribution in [0.3, 0.4) is 0 Å². The molecule has 1 aliphatic rings. The summed E-state index contributed by atoms with van der Waals surface area (Å²) in [4.78, 5) is 18.1. The minimum absolute atomic E-state index is 0.312. The van der Waals surface area contributed by atoms with E-state index >= 15 is 0 Å². The molecule has 0 bridgehead atoms. The number of hydrogen-bond donors (Lipinski definition) is 2. The first-order valence-corrected chi connectivity index (χ1v) is 7.56. The molecular formula is C13H22N4OS. The highest BCUT2D eigenvalue weighted by molar-refractivity contribution is 7.11. The summed E-state index contributed by atoms with van der Waals surface area (Å²) in [5.41, 5.74) is 3.52. The Morgan fingerprint density at radius 3 is 3.05 bits per heavy atom. The molecule has 6 heteroatoms. The van der Waals surface area contributed by atoms with Crippen molar-refractivity contribution in [1.29, 1.82) is 0 Å². The lowest BCUT2D eigenvalue weighted by Crippen LogP contribution is -2.30. The van der Waals surface area contributed by atoms with Gasteiger partial charge in [-0.05, 0) is 37.8 Å². The summed E-state index contributed by atoms with van der Waals surface area (Å²) in [7, 11) is 0. The number of hydrazine groups is 1. The van der Waals surface area contributed by atoms with Crippen LogP contribution in [0.25, 0.3) is 0 Å². The predicted octanol–water partition coefficient (Wildman–Crippen LogP) is 1.76. The molecule has 3 N–H and O–H groups in total. The Bertz CT molecular complexity index is 444. The van der Waals surface area contributed by atoms with E-state index in [1.807, 2.05) is 5.38 Å². The quantitative estimate of drug-likeness (QED) is 0.503. The van der Waals surface area contributed by atoms with Crippen LogP contribution in [-0.2, 0) is 6.54 Å². The van der Waals surface area contributed by atoms with Gasteiger partial charge in [0.05, 0.1) is 5.69 Å². The van der Waals surface area contributed by atoms with Crippen LogP contribution in [-0.4, -0.2) is 28.9 Å². The zero-order valence-corrected chi connectivity index (χ0v) is 12.4. The number of nitrogens with two attached hydrogens (primary N) is 1. The van der Waals surface area contributed by atoms with Gasteiger partial charge in [-0.2, -0.15) is 0 Å². The lowest BCUT2D eigenvalue weighted by molar-refractivity contribution is 0.0953. The fraction of sp³-hybridized carbons (Fsp3) is 0.692. The second-order valence-electron chi connectivity index (χ2n) is 5.91. The van der Waals surface area contributed by atoms with Crippen LogP contribution < -0.4 is 11.3 Å². The van der Waals surface area contributed by atoms with Crippen molar-refractivity contribution >= 4 is 17.2 Å². The Kier molecular flexibility index (Phi) is 4.54. The molecule has 106 valence electrons. The van der Waals surface area contributed by atoms with Gasteiger partial charge in [0.25, 0.3) is 5.91 Å². The highest BCUT2D eigenvalue weighted by Gasteiger charge is 2.23. The van der Waals surface area contributed by atoms with Crippen LogP contribution in [0, 0.1) is 5.41 Å². The second kappa shape index (κ2) is 5.98. The van der Waals surface area contributed by atoms with Gasteiger partial charge in [-0.3, -0.25) is 15.1 Å². The van der Waals surface area contributed by atoms with E-state index in [9.17, 15) is 4.79 Å². The Balaban J connectivity index is 1.94. The third-order valence-electron chi connectivity index (χ3n) is 3.70. The number of aromatic nitrogens is 1. The van der Waals surface area contributed by atoms with Crippen molar-refractivity contribution < 1.29 is 4.79 Å². The minimum atomic E-state index is -0.312. The largest absolute Gasteiger partial charge is 0.297 e. The molecule has 2 rings (SSSR count). The molecular weight excluding hydrogens is 260 g/mol. The predicted molar refractivity (Wildman–Crippen MR) is 76.7 cm³/mol. The Labute approximate surface area is 118 Å². The van der Waals surface area contributed by atoms with Crippen LogP contribution in [0.1, 0.15) is 48.6 Å². The average Bonchev–Trinajstić information content (AvgIpc) is 2.76. The van der Waals surface area contributed by atoms with E-state index in [4.69, 9.17) is 5.84 Å². The summed E-state index contributed by atoms with van der Waals surface area (Å²) >= 11 is 1.35. The topological polar surface area (TPSA) is 71.2 Å². The molecule has 0 aromatic carbocycles. The molecule has 0 atom stereocenters. The molecule has 1 fully saturated rings. The van der Waals surface area contributed by atoms with Gasteiger partial charge in [0.15, 0.2) is 5.01 Å². The van der Waals surface area contributed by atoms with Gasteiger partial charge < -0.3 is 0 Å². The van der Waals surface area contributed by atoms with E-state index in [-0.39, 0.29) is 5.91 Å². The first-order valence-electron chi connectivity index (χ1n) is 6.68. The third kappa shape index (κ3) is 3.99. The number of hydrogen-bond acceptors (Lipinski definition) is 5. The summed E-state index contributed by atoms with van der Waals surface area (Å²) in [5, 5.41) is 2.38. The second-order valence-corrected chi connectivity index (χ2v) is 6.77. The number of likely N-dealkylation sites (tertiary alicyclic amines) is 1. The third-order valence-corrected chi connectivity index (χ3v) is 4.59. The van der Waals surface area contributed by atoms with Gasteiger partial charge in [0.1, 0.15) is 0 Å². The van der Waals surface area contributed by atoms with Crippen LogP contribution in [0.15, 0.2) is 5.38 Å². The zero-order chi connectivity index (χ0) is 13.9. The number of amides is 1. The molecule has 0 saturated carbocycles. The van der Waals surface area contributed by atoms with E-state index in [2.05, 4.69) is 29.2 Å². The summed E-state index contributed by atoms with van der Waals surface area (Å²) in [6.45, 7) is 7.71. The molecule has 1 aromatic rings. The molecule has 19 heavy (non-hydrogen) atoms. The number of nitrogens with zero attached hydrogens (tertiary/aromatic N) is 2. The molecule has 0 unspecified atom stereocenters. The van der Waals surface area contributed by atoms with Gasteiger partial charge in [-0.15, -0.1) is 11.3 Å². The monoisotopic (exact) mass is 282 g/mol. The number of carbonyl (C=O) groups excluding carboxylic acids is 1. The smallest absolute Gasteiger partial charge is 0.294 e. The average molecular weight is 282 g/mol. The van der Waals surface area contributed by atoms with Crippen LogP contribution in [0.2, 0.25) is 0 Å². The highest BCUT2D eigenvalue weighted by atomic mass is 32.1. The molecule has 5 nitrogen and oxygen atoms in total. The summed E-state index contributed by atoms with van der Waals surface area (Å²) < 4.78 is 0. The van der Waals surface area contributed by atoms with Crippen molar-refractivity contribution in [1.82, 2.24) is 15.3 Å². The molecule has 1 saturated heterocycles. The molecule has 0 radical (unpaired) electrons. The van der Waals surface area contributed by atoms with Crippen molar-refractivity contribution in [3.8, 4) is 0 Å². The highest BCUT2D eigenvalue weighted by Crippen LogP contribution is 2.30. The standard InChI is InChI=1S/C13H22N4OS/c1-13(2)4-3-6-17(7-5-13)8-10-9-19-12(15-10)11(18)16-14/h9H,3-8,14H2,1-2H3,(H,16,18). The molecule has 1 aromatic heterocycles. The number of nitrogens with one attached hydrogen (secondary N) is 1. The first-order chi connectivity index (χ1) is 9.00. The molecule has 1 aliphatic heterocycles. The molecule has 1 amide bonds. The van der Waals surface area contributed by atoms with Gasteiger partial charge in [0, 0.05) is 11.9 Å². The van der Waals surface area contributed by atoms with E-state index in [1.165, 1.54) is 30.6 Å². The zero-order valence-electron chi connectivity index (χ0n) is 11.6. The van der Waals surface area contributed by atoms with E-state index < -0.39 is 0 Å². The fourth-order valence-corrected chi connectivity index (χ4v) is 3.12. The fourth-order valence-electron chi connectivity index (χ4n) is 2.41. The molecule has 0 spiro atoms.